The molecule has 1 fully saturated rings. The molecule has 1 amide bonds. The minimum Gasteiger partial charge on any atom is -0.508 e. The molecule has 3 aromatic carbocycles. The van der Waals surface area contributed by atoms with Gasteiger partial charge in [0.25, 0.3) is 0 Å². The summed E-state index contributed by atoms with van der Waals surface area (Å²) in [6.07, 6.45) is -9.42. The number of aliphatic carboxylic acids is 2. The number of benzene rings is 3. The minimum absolute atomic E-state index is 0.0559. The molecule has 0 aliphatic carbocycles. The normalized spacial score (nSPS) is 23.2. The highest BCUT2D eigenvalue weighted by molar-refractivity contribution is 5.98. The van der Waals surface area contributed by atoms with Crippen LogP contribution in [0.3, 0.4) is 0 Å². The molecule has 44 heteroatoms. The highest BCUT2D eigenvalue weighted by Crippen LogP contribution is 2.27. The summed E-state index contributed by atoms with van der Waals surface area (Å²) >= 11 is 0. The van der Waals surface area contributed by atoms with Gasteiger partial charge in [0.1, 0.15) is 59.8 Å². The fourth-order valence-corrected chi connectivity index (χ4v) is 12.3. The summed E-state index contributed by atoms with van der Waals surface area (Å²) in [5.41, 5.74) is 6.96. The summed E-state index contributed by atoms with van der Waals surface area (Å²) in [4.78, 5) is 111. The zero-order valence-electron chi connectivity index (χ0n) is 66.0. The Balaban J connectivity index is 1.62. The molecule has 120 heavy (non-hydrogen) atoms. The van der Waals surface area contributed by atoms with Crippen LogP contribution in [0.5, 0.6) is 11.5 Å². The molecule has 1 aromatic heterocycles. The van der Waals surface area contributed by atoms with Crippen LogP contribution in [0.25, 0.3) is 10.9 Å². The summed E-state index contributed by atoms with van der Waals surface area (Å²) in [6.45, 7) is 2.71. The Kier molecular flexibility index (Phi) is 36.8. The molecule has 6 rings (SSSR count). The van der Waals surface area contributed by atoms with E-state index < -0.39 is 261 Å². The maximum atomic E-state index is 15.3. The molecule has 2 aliphatic heterocycles. The Labute approximate surface area is 685 Å². The highest BCUT2D eigenvalue weighted by atomic mass is 16.5. The number of aromatic nitrogens is 1. The zero-order valence-corrected chi connectivity index (χ0v) is 66.0. The first-order valence-electron chi connectivity index (χ1n) is 37.8. The molecule has 0 bridgehead atoms. The van der Waals surface area contributed by atoms with Crippen molar-refractivity contribution >= 4 is 117 Å². The SMILES string of the molecule is COC(=O)CC[C@H]1N=C(O)[C@@H](Cc2c[nH]c3ccccc23)N=C(O)[C@H](CC(=O)O)N=C(O)[C@H](CO)N=C(O)[C@@H]2CCCN2C(=O)[C@H](Cc2ccc(O)cc2)N=C(O)[C@@H](N=C(O)[C@H](CCCNC(=N)N)N=C(O)[C@@H](N=C(O)[C@H](C)N=C(O)[C@@H](N=C(C)O)[C@@H](C)O)[C@@H](C)O)CCCCN=C(O)[C@@H](O)[C@@H](C(O)=N[C@@H](Cc2ccc(O)cc2)C(=O)O)N=C1O. The minimum atomic E-state index is -2.63. The van der Waals surface area contributed by atoms with E-state index in [1.54, 1.807) is 24.3 Å². The van der Waals surface area contributed by atoms with Crippen molar-refractivity contribution in [3.63, 3.8) is 0 Å². The van der Waals surface area contributed by atoms with Crippen LogP contribution in [0.4, 0.5) is 0 Å². The lowest BCUT2D eigenvalue weighted by Gasteiger charge is -2.27. The van der Waals surface area contributed by atoms with Crippen LogP contribution in [-0.2, 0) is 43.2 Å². The van der Waals surface area contributed by atoms with Crippen molar-refractivity contribution in [2.75, 3.05) is 33.4 Å². The number of methoxy groups -OCH3 is 1. The number of nitrogens with one attached hydrogen (secondary N) is 3. The second-order valence-corrected chi connectivity index (χ2v) is 28.0. The number of nitrogens with zero attached hydrogens (tertiary/aromatic N) is 14. The van der Waals surface area contributed by atoms with Gasteiger partial charge in [-0.2, -0.15) is 0 Å². The molecule has 0 radical (unpaired) electrons. The number of aromatic hydroxyl groups is 2. The van der Waals surface area contributed by atoms with E-state index >= 15 is 4.79 Å². The maximum absolute atomic E-state index is 15.3. The van der Waals surface area contributed by atoms with Gasteiger partial charge in [0.05, 0.1) is 32.3 Å². The average Bonchev–Trinajstić information content (AvgIpc) is 1.61. The fourth-order valence-electron chi connectivity index (χ4n) is 12.3. The van der Waals surface area contributed by atoms with Crippen molar-refractivity contribution in [2.24, 2.45) is 70.6 Å². The Morgan fingerprint density at radius 2 is 1.23 bits per heavy atom. The van der Waals surface area contributed by atoms with Gasteiger partial charge in [-0.05, 0) is 119 Å². The Hall–Kier alpha value is -13.1. The van der Waals surface area contributed by atoms with Crippen molar-refractivity contribution in [1.29, 1.82) is 5.41 Å². The Morgan fingerprint density at radius 1 is 0.642 bits per heavy atom. The number of ether oxygens (including phenoxy) is 1. The average molecular weight is 1690 g/mol. The summed E-state index contributed by atoms with van der Waals surface area (Å²) < 4.78 is 4.82. The molecular weight excluding hydrogens is 1580 g/mol. The van der Waals surface area contributed by atoms with Crippen LogP contribution in [0.2, 0.25) is 0 Å². The first-order chi connectivity index (χ1) is 56.8. The number of hydrogen-bond acceptors (Lipinski definition) is 25. The van der Waals surface area contributed by atoms with E-state index in [0.717, 1.165) is 25.9 Å². The quantitative estimate of drug-likeness (QED) is 0.0153. The smallest absolute Gasteiger partial charge is 0.328 e. The maximum Gasteiger partial charge on any atom is 0.328 e. The van der Waals surface area contributed by atoms with Gasteiger partial charge in [0, 0.05) is 69.3 Å². The standard InChI is InChI=1S/C76H104N18O26/c1-36(82-70(113)58(37(2)96)83-39(4)98)62(105)92-59(38(3)97)71(114)86-48(15-10-28-80-76(77)78)63(106)84-47-14-8-9-27-79-73(116)61(104)60(72(115)90-53(75(118)119)31-41-19-23-44(100)24-20-41)93-65(108)49(25-26-57(103)120-5)85-66(109)50(32-42-34-81-46-13-7-6-12-45(42)46)87-67(110)51(33-56(101)102)88-68(111)54(35-95)91-69(112)55-16-11-29-94(55)74(117)52(89-64(47)107)30-40-17-21-43(99)22-18-40/h6-7,12-13,17-24,34,36-38,47-55,58-61,81,95-97,99-100,104H,8-11,14-16,25-33,35H2,1-5H3,(H,79,116)(H,82,113)(H,83,98)(H,84,106)(H,85,109)(H,86,114)(H,87,110)(H,88,111)(H,89,107)(H,90,115)(H,91,112)(H,92,105)(H,93,108)(H,101,102)(H,118,119)(H4,77,78,80)/t36-,37+,38+,47-,48-,49+,50+,51-,52-,53-,54-,55-,58-,59-,60-,61-/m0/s1. The number of carbonyl (C=O) groups excluding carboxylic acids is 2. The molecule has 654 valence electrons. The van der Waals surface area contributed by atoms with Gasteiger partial charge in [0.15, 0.2) is 48.2 Å². The third-order valence-corrected chi connectivity index (χ3v) is 18.7. The van der Waals surface area contributed by atoms with Crippen LogP contribution in [0.15, 0.2) is 144 Å². The predicted molar refractivity (Wildman–Crippen MR) is 443 cm³/mol. The van der Waals surface area contributed by atoms with Gasteiger partial charge in [-0.1, -0.05) is 42.5 Å². The molecule has 2 aliphatic rings. The number of carboxylic acids is 2. The number of para-hydroxylation sites is 1. The number of esters is 1. The number of phenolic OH excluding ortho intramolecular Hbond substituents is 2. The van der Waals surface area contributed by atoms with E-state index in [1.165, 1.54) is 68.6 Å². The molecule has 1 saturated heterocycles. The van der Waals surface area contributed by atoms with Crippen LogP contribution < -0.4 is 11.1 Å². The van der Waals surface area contributed by atoms with Gasteiger partial charge in [-0.3, -0.25) is 24.8 Å². The Morgan fingerprint density at radius 3 is 1.84 bits per heavy atom. The summed E-state index contributed by atoms with van der Waals surface area (Å²) in [7, 11) is 1.00. The Bertz CT molecular complexity index is 4570. The first-order valence-corrected chi connectivity index (χ1v) is 37.8. The van der Waals surface area contributed by atoms with Crippen LogP contribution in [-0.4, -0.2) is 354 Å². The van der Waals surface area contributed by atoms with E-state index in [0.29, 0.717) is 22.0 Å². The van der Waals surface area contributed by atoms with Crippen LogP contribution >= 0.6 is 0 Å². The van der Waals surface area contributed by atoms with E-state index in [2.05, 4.69) is 75.2 Å². The topological polar surface area (TPSA) is 744 Å². The number of phenols is 2. The number of fused-ring (bicyclic) bond motifs is 2. The van der Waals surface area contributed by atoms with E-state index in [1.807, 2.05) is 0 Å². The zero-order chi connectivity index (χ0) is 88.8. The number of aliphatic hydroxyl groups excluding tert-OH is 17. The summed E-state index contributed by atoms with van der Waals surface area (Å²) in [5, 5.41) is 247. The molecule has 44 nitrogen and oxygen atoms in total. The third kappa shape index (κ3) is 29.2. The number of guanidine groups is 1. The van der Waals surface area contributed by atoms with Gasteiger partial charge in [-0.25, -0.2) is 64.7 Å². The number of H-pyrrole nitrogens is 1. The lowest BCUT2D eigenvalue weighted by atomic mass is 10.0. The number of aliphatic imine (C=N–C) groups is 13. The number of aromatic amines is 1. The lowest BCUT2D eigenvalue weighted by Crippen LogP contribution is -2.46. The highest BCUT2D eigenvalue weighted by Gasteiger charge is 2.40. The van der Waals surface area contributed by atoms with E-state index in [-0.39, 0.29) is 68.7 Å². The van der Waals surface area contributed by atoms with Crippen LogP contribution in [0.1, 0.15) is 109 Å². The second-order valence-electron chi connectivity index (χ2n) is 28.0. The van der Waals surface area contributed by atoms with E-state index in [9.17, 15) is 122 Å². The molecular formula is C76H104N18O26. The van der Waals surface area contributed by atoms with E-state index in [4.69, 9.17) is 15.9 Å². The predicted octanol–water partition coefficient (Wildman–Crippen LogP) is 3.57. The molecule has 0 spiro atoms. The number of aliphatic hydroxyl groups is 17. The van der Waals surface area contributed by atoms with Gasteiger partial charge in [0.2, 0.25) is 76.7 Å². The first kappa shape index (κ1) is 95.7. The monoisotopic (exact) mass is 1680 g/mol. The molecule has 0 unspecified atom stereocenters. The number of nitrogens with two attached hydrogens (primary N) is 1. The second kappa shape index (κ2) is 46.2. The molecule has 0 saturated carbocycles. The van der Waals surface area contributed by atoms with Crippen molar-refractivity contribution in [3.8, 4) is 11.5 Å². The number of hydrogen-bond donors (Lipinski definition) is 25. The van der Waals surface area contributed by atoms with Gasteiger partial charge in [-0.15, -0.1) is 0 Å². The summed E-state index contributed by atoms with van der Waals surface area (Å²) in [5.74, 6) is -20.3. The number of amides is 1. The molecule has 16 atom stereocenters. The van der Waals surface area contributed by atoms with Gasteiger partial charge < -0.3 is 133 Å². The van der Waals surface area contributed by atoms with Crippen molar-refractivity contribution in [3.05, 3.63) is 95.7 Å². The van der Waals surface area contributed by atoms with Crippen LogP contribution in [0, 0.1) is 5.41 Å². The fraction of sp³-hybridized carbons (Fsp3) is 0.500. The number of carboxylic acid groups (broad SMARTS) is 2. The lowest BCUT2D eigenvalue weighted by molar-refractivity contribution is -0.141. The van der Waals surface area contributed by atoms with Gasteiger partial charge >= 0.3 is 17.9 Å². The largest absolute Gasteiger partial charge is 0.508 e. The van der Waals surface area contributed by atoms with Crippen molar-refractivity contribution in [2.45, 2.75) is 208 Å². The van der Waals surface area contributed by atoms with Crippen molar-refractivity contribution < 1.29 is 131 Å². The molecule has 26 N–H and O–H groups in total. The molecule has 3 heterocycles. The number of rotatable bonds is 30. The third-order valence-electron chi connectivity index (χ3n) is 18.7. The van der Waals surface area contributed by atoms with Crippen molar-refractivity contribution in [1.82, 2.24) is 15.2 Å². The number of carbonyl (C=O) groups is 4. The molecule has 4 aromatic rings. The summed E-state index contributed by atoms with van der Waals surface area (Å²) in [6, 6.07) is -7.04.